The Balaban J connectivity index is 0.000000234. The van der Waals surface area contributed by atoms with Crippen molar-refractivity contribution in [1.82, 2.24) is 18.9 Å². The highest BCUT2D eigenvalue weighted by Gasteiger charge is 2.21. The SMILES string of the molecule is C.CCCCCCCCCCCCCCCCO.CCCCCCCCCCCCCCCCOC(=O)OCn1c(=O)ccc2ccc(OCCCCN3CCN(c4cccc5sccc45)CC3)cc21.O=C(OCn1c(=O)ccc2ccc(OCCCCN3CCN(c4cccc5sccc45)CC3)cc21)Oc1ccccc1. The van der Waals surface area contributed by atoms with Crippen LogP contribution in [0.3, 0.4) is 0 Å². The van der Waals surface area contributed by atoms with E-state index in [1.54, 1.807) is 59.1 Å². The molecule has 17 nitrogen and oxygen atoms in total. The molecule has 112 heavy (non-hydrogen) atoms. The second-order valence-corrected chi connectivity index (χ2v) is 31.7. The molecule has 0 spiro atoms. The minimum absolute atomic E-state index is 0. The Morgan fingerprint density at radius 2 is 0.759 bits per heavy atom. The van der Waals surface area contributed by atoms with Crippen LogP contribution in [0.2, 0.25) is 0 Å². The van der Waals surface area contributed by atoms with Crippen LogP contribution >= 0.6 is 22.7 Å². The van der Waals surface area contributed by atoms with E-state index in [2.05, 4.69) is 92.7 Å². The number of nitrogens with zero attached hydrogens (tertiary/aromatic N) is 6. The number of aliphatic hydroxyl groups is 1. The van der Waals surface area contributed by atoms with E-state index >= 15 is 0 Å². The number of unbranched alkanes of at least 4 members (excludes halogenated alkanes) is 28. The Kier molecular flexibility index (Phi) is 42.6. The molecule has 2 saturated heterocycles. The summed E-state index contributed by atoms with van der Waals surface area (Å²) in [5.41, 5.74) is 3.48. The topological polar surface area (TPSA) is 167 Å². The van der Waals surface area contributed by atoms with Crippen LogP contribution in [-0.2, 0) is 27.7 Å². The van der Waals surface area contributed by atoms with E-state index in [-0.39, 0.29) is 32.0 Å². The fourth-order valence-corrected chi connectivity index (χ4v) is 16.4. The van der Waals surface area contributed by atoms with Crippen molar-refractivity contribution in [3.8, 4) is 17.2 Å². The number of hydrogen-bond donors (Lipinski definition) is 1. The summed E-state index contributed by atoms with van der Waals surface area (Å²) in [6, 6.07) is 44.1. The number of hydrogen-bond acceptors (Lipinski definition) is 17. The summed E-state index contributed by atoms with van der Waals surface area (Å²) in [6.45, 7) is 16.5. The van der Waals surface area contributed by atoms with Gasteiger partial charge in [0.2, 0.25) is 0 Å². The fourth-order valence-electron chi connectivity index (χ4n) is 14.8. The normalized spacial score (nSPS) is 13.2. The Hall–Kier alpha value is -7.94. The molecule has 0 bridgehead atoms. The zero-order chi connectivity index (χ0) is 77.6. The number of aromatic nitrogens is 2. The van der Waals surface area contributed by atoms with Crippen molar-refractivity contribution in [1.29, 1.82) is 0 Å². The summed E-state index contributed by atoms with van der Waals surface area (Å²) >= 11 is 3.60. The molecule has 11 rings (SSSR count). The largest absolute Gasteiger partial charge is 0.515 e. The summed E-state index contributed by atoms with van der Waals surface area (Å²) in [7, 11) is 0. The van der Waals surface area contributed by atoms with Crippen LogP contribution in [0.15, 0.2) is 160 Å². The molecule has 612 valence electrons. The number of para-hydroxylation sites is 1. The zero-order valence-electron chi connectivity index (χ0n) is 66.9. The predicted octanol–water partition coefficient (Wildman–Crippen LogP) is 23.3. The number of pyridine rings is 2. The molecular formula is C93H132N6O11S2. The van der Waals surface area contributed by atoms with Gasteiger partial charge >= 0.3 is 12.3 Å². The molecule has 0 atom stereocenters. The van der Waals surface area contributed by atoms with E-state index in [0.29, 0.717) is 54.7 Å². The molecule has 6 heterocycles. The molecule has 2 aliphatic heterocycles. The van der Waals surface area contributed by atoms with Crippen LogP contribution in [0.5, 0.6) is 17.2 Å². The Bertz CT molecular complexity index is 4170. The summed E-state index contributed by atoms with van der Waals surface area (Å²) in [5.74, 6) is 1.74. The van der Waals surface area contributed by atoms with Gasteiger partial charge in [0.15, 0.2) is 13.5 Å². The molecule has 2 fully saturated rings. The first-order chi connectivity index (χ1) is 54.7. The quantitative estimate of drug-likeness (QED) is 0.0217. The monoisotopic (exact) mass is 1570 g/mol. The smallest absolute Gasteiger partial charge is 0.494 e. The van der Waals surface area contributed by atoms with E-state index in [9.17, 15) is 19.2 Å². The molecular weight excluding hydrogens is 1440 g/mol. The summed E-state index contributed by atoms with van der Waals surface area (Å²) in [6.07, 6.45) is 39.5. The van der Waals surface area contributed by atoms with Crippen molar-refractivity contribution in [2.75, 3.05) is 102 Å². The maximum atomic E-state index is 12.7. The number of fused-ring (bicyclic) bond motifs is 4. The average molecular weight is 1570 g/mol. The summed E-state index contributed by atoms with van der Waals surface area (Å²) in [5, 5.41) is 17.4. The molecule has 2 aliphatic rings. The van der Waals surface area contributed by atoms with Gasteiger partial charge in [-0.2, -0.15) is 0 Å². The number of carbonyl (C=O) groups is 2. The Morgan fingerprint density at radius 3 is 1.18 bits per heavy atom. The standard InChI is InChI=1S/C43H61N3O5S.C33H33N3O5S.C16H34O.CH4/c1-2-3-4-5-6-7-8-9-10-11-12-13-14-16-32-50-43(48)51-35-46-40-34-37(23-21-36(40)22-24-42(46)47)49-31-17-15-26-44-27-29-45(30-28-44)39-19-18-20-41-38(39)25-33-52-41;37-32-14-12-25-11-13-27(23-30(25)36(32)24-40-33(38)41-26-7-2-1-3-8-26)39-21-5-4-16-34-17-19-35(20-18-34)29-9-6-10-31-28(29)15-22-42-31;1-2-3-4-5-6-7-8-9-10-11-12-13-14-15-16-17;/h18-25,33-34H,2-17,26-32,35H2,1H3;1-3,6-15,22-23H,4-5,16-21,24H2;17H,2-16H2,1H3;1H4. The van der Waals surface area contributed by atoms with Gasteiger partial charge in [0.25, 0.3) is 11.1 Å². The number of rotatable bonds is 48. The van der Waals surface area contributed by atoms with Gasteiger partial charge in [0.05, 0.1) is 30.9 Å². The average Bonchev–Trinajstić information content (AvgIpc) is 1.00. The molecule has 0 saturated carbocycles. The van der Waals surface area contributed by atoms with Crippen molar-refractivity contribution in [3.05, 3.63) is 171 Å². The first-order valence-electron chi connectivity index (χ1n) is 42.4. The predicted molar refractivity (Wildman–Crippen MR) is 467 cm³/mol. The molecule has 19 heteroatoms. The molecule has 9 aromatic rings. The Morgan fingerprint density at radius 1 is 0.375 bits per heavy atom. The fraction of sp³-hybridized carbons (Fsp3) is 0.548. The summed E-state index contributed by atoms with van der Waals surface area (Å²) in [4.78, 5) is 59.9. The number of thiophene rings is 2. The molecule has 4 aromatic heterocycles. The molecule has 1 N–H and O–H groups in total. The molecule has 0 amide bonds. The number of carbonyl (C=O) groups excluding carboxylic acids is 2. The number of piperazine rings is 2. The minimum Gasteiger partial charge on any atom is -0.494 e. The minimum atomic E-state index is -0.876. The highest BCUT2D eigenvalue weighted by molar-refractivity contribution is 7.17. The third kappa shape index (κ3) is 31.8. The highest BCUT2D eigenvalue weighted by Crippen LogP contribution is 2.33. The van der Waals surface area contributed by atoms with E-state index in [1.807, 2.05) is 42.5 Å². The second kappa shape index (κ2) is 53.2. The molecule has 5 aromatic carbocycles. The lowest BCUT2D eigenvalue weighted by Gasteiger charge is -2.36. The lowest BCUT2D eigenvalue weighted by Crippen LogP contribution is -2.46. The molecule has 0 unspecified atom stereocenters. The zero-order valence-corrected chi connectivity index (χ0v) is 68.5. The second-order valence-electron chi connectivity index (χ2n) is 29.9. The first-order valence-corrected chi connectivity index (χ1v) is 44.1. The number of ether oxygens (including phenoxy) is 6. The number of anilines is 2. The van der Waals surface area contributed by atoms with Crippen LogP contribution in [0.25, 0.3) is 42.0 Å². The highest BCUT2D eigenvalue weighted by atomic mass is 32.1. The van der Waals surface area contributed by atoms with Gasteiger partial charge < -0.3 is 43.3 Å². The number of aliphatic hydroxyl groups excluding tert-OH is 1. The Labute approximate surface area is 676 Å². The van der Waals surface area contributed by atoms with Crippen LogP contribution in [0, 0.1) is 0 Å². The van der Waals surface area contributed by atoms with Gasteiger partial charge in [-0.1, -0.05) is 219 Å². The van der Waals surface area contributed by atoms with E-state index in [0.717, 1.165) is 128 Å². The van der Waals surface area contributed by atoms with Gasteiger partial charge in [-0.05, 0) is 158 Å². The van der Waals surface area contributed by atoms with Crippen molar-refractivity contribution < 1.29 is 43.1 Å². The molecule has 0 radical (unpaired) electrons. The van der Waals surface area contributed by atoms with Crippen molar-refractivity contribution >= 4 is 88.3 Å². The van der Waals surface area contributed by atoms with Crippen LogP contribution in [0.4, 0.5) is 21.0 Å². The third-order valence-corrected chi connectivity index (χ3v) is 23.1. The third-order valence-electron chi connectivity index (χ3n) is 21.4. The van der Waals surface area contributed by atoms with Crippen molar-refractivity contribution in [2.45, 2.75) is 240 Å². The summed E-state index contributed by atoms with van der Waals surface area (Å²) < 4.78 is 38.7. The van der Waals surface area contributed by atoms with Crippen LogP contribution in [0.1, 0.15) is 227 Å². The van der Waals surface area contributed by atoms with Gasteiger partial charge in [-0.25, -0.2) is 9.59 Å². The van der Waals surface area contributed by atoms with Crippen molar-refractivity contribution in [3.63, 3.8) is 0 Å². The van der Waals surface area contributed by atoms with Gasteiger partial charge in [-0.3, -0.25) is 28.5 Å². The van der Waals surface area contributed by atoms with Crippen LogP contribution < -0.4 is 35.1 Å². The van der Waals surface area contributed by atoms with Crippen LogP contribution in [-0.4, -0.2) is 128 Å². The van der Waals surface area contributed by atoms with E-state index in [4.69, 9.17) is 33.5 Å². The lowest BCUT2D eigenvalue weighted by atomic mass is 10.0. The first kappa shape index (κ1) is 89.6. The van der Waals surface area contributed by atoms with Crippen molar-refractivity contribution in [2.24, 2.45) is 0 Å². The maximum Gasteiger partial charge on any atom is 0.515 e. The van der Waals surface area contributed by atoms with Gasteiger partial charge in [-0.15, -0.1) is 22.7 Å². The van der Waals surface area contributed by atoms with E-state index < -0.39 is 12.3 Å². The molecule has 0 aliphatic carbocycles. The number of benzene rings is 5. The van der Waals surface area contributed by atoms with Gasteiger partial charge in [0, 0.05) is 115 Å². The van der Waals surface area contributed by atoms with Gasteiger partial charge in [0.1, 0.15) is 17.2 Å². The van der Waals surface area contributed by atoms with E-state index in [1.165, 1.54) is 207 Å². The maximum absolute atomic E-state index is 12.7. The lowest BCUT2D eigenvalue weighted by molar-refractivity contribution is 0.0331.